The molecule has 0 radical (unpaired) electrons. The van der Waals surface area contributed by atoms with Gasteiger partial charge in [0.25, 0.3) is 0 Å². The van der Waals surface area contributed by atoms with Crippen molar-refractivity contribution in [2.24, 2.45) is 5.73 Å². The van der Waals surface area contributed by atoms with Crippen molar-refractivity contribution in [3.63, 3.8) is 0 Å². The van der Waals surface area contributed by atoms with E-state index < -0.39 is 0 Å². The van der Waals surface area contributed by atoms with Crippen LogP contribution in [0.5, 0.6) is 0 Å². The predicted octanol–water partition coefficient (Wildman–Crippen LogP) is 4.32. The summed E-state index contributed by atoms with van der Waals surface area (Å²) in [6.45, 7) is 4.69. The first-order chi connectivity index (χ1) is 9.63. The Bertz CT molecular complexity index is 564. The maximum atomic E-state index is 6.15. The van der Waals surface area contributed by atoms with Crippen molar-refractivity contribution in [1.82, 2.24) is 0 Å². The molecule has 0 fully saturated rings. The van der Waals surface area contributed by atoms with Gasteiger partial charge >= 0.3 is 0 Å². The lowest BCUT2D eigenvalue weighted by molar-refractivity contribution is 0.789. The first kappa shape index (κ1) is 14.9. The van der Waals surface area contributed by atoms with Crippen molar-refractivity contribution >= 4 is 17.3 Å². The number of nitrogens with two attached hydrogens (primary N) is 1. The van der Waals surface area contributed by atoms with Gasteiger partial charge in [0.2, 0.25) is 0 Å². The van der Waals surface area contributed by atoms with E-state index in [-0.39, 0.29) is 6.04 Å². The highest BCUT2D eigenvalue weighted by atomic mass is 35.5. The highest BCUT2D eigenvalue weighted by molar-refractivity contribution is 6.31. The van der Waals surface area contributed by atoms with Gasteiger partial charge in [-0.25, -0.2) is 0 Å². The lowest BCUT2D eigenvalue weighted by Crippen LogP contribution is -2.20. The van der Waals surface area contributed by atoms with Crippen LogP contribution in [0.15, 0.2) is 42.5 Å². The van der Waals surface area contributed by atoms with E-state index in [2.05, 4.69) is 36.5 Å². The zero-order valence-electron chi connectivity index (χ0n) is 12.0. The fourth-order valence-electron chi connectivity index (χ4n) is 2.15. The minimum atomic E-state index is 0.0969. The van der Waals surface area contributed by atoms with Crippen LogP contribution >= 0.6 is 11.6 Å². The smallest absolute Gasteiger partial charge is 0.0636 e. The van der Waals surface area contributed by atoms with Crippen molar-refractivity contribution in [3.05, 3.63) is 64.2 Å². The van der Waals surface area contributed by atoms with Crippen LogP contribution in [0.3, 0.4) is 0 Å². The normalized spacial score (nSPS) is 12.2. The Labute approximate surface area is 126 Å². The summed E-state index contributed by atoms with van der Waals surface area (Å²) >= 11 is 6.15. The molecule has 0 saturated heterocycles. The monoisotopic (exact) mass is 288 g/mol. The molecule has 1 atom stereocenters. The maximum absolute atomic E-state index is 6.15. The fraction of sp³-hybridized carbons (Fsp3) is 0.294. The van der Waals surface area contributed by atoms with Crippen LogP contribution in [0, 0.1) is 6.92 Å². The van der Waals surface area contributed by atoms with Gasteiger partial charge in [-0.3, -0.25) is 0 Å². The topological polar surface area (TPSA) is 38.0 Å². The Kier molecular flexibility index (Phi) is 5.05. The fourth-order valence-corrected chi connectivity index (χ4v) is 2.33. The summed E-state index contributed by atoms with van der Waals surface area (Å²) in [6, 6.07) is 14.7. The van der Waals surface area contributed by atoms with Gasteiger partial charge in [0.05, 0.1) is 6.04 Å². The molecule has 2 aromatic rings. The molecule has 2 aromatic carbocycles. The molecule has 0 amide bonds. The van der Waals surface area contributed by atoms with E-state index in [0.29, 0.717) is 6.54 Å². The van der Waals surface area contributed by atoms with E-state index in [1.807, 2.05) is 25.1 Å². The Morgan fingerprint density at radius 3 is 2.40 bits per heavy atom. The molecule has 0 aliphatic rings. The number of hydrogen-bond donors (Lipinski definition) is 2. The molecule has 0 heterocycles. The Morgan fingerprint density at radius 1 is 1.15 bits per heavy atom. The number of rotatable bonds is 5. The van der Waals surface area contributed by atoms with Crippen LogP contribution in [0.25, 0.3) is 0 Å². The standard InChI is InChI=1S/C17H21ClN2/c1-3-13-5-7-14(8-6-13)17(11-19)20-15-9-4-12(2)16(18)10-15/h4-10,17,20H,3,11,19H2,1-2H3. The number of aryl methyl sites for hydroxylation is 2. The largest absolute Gasteiger partial charge is 0.377 e. The number of halogens is 1. The third-order valence-electron chi connectivity index (χ3n) is 3.54. The molecule has 3 heteroatoms. The first-order valence-electron chi connectivity index (χ1n) is 6.95. The summed E-state index contributed by atoms with van der Waals surface area (Å²) in [5.74, 6) is 0. The van der Waals surface area contributed by atoms with Crippen molar-refractivity contribution in [2.45, 2.75) is 26.3 Å². The molecular formula is C17H21ClN2. The second kappa shape index (κ2) is 6.78. The van der Waals surface area contributed by atoms with Crippen LogP contribution in [0.4, 0.5) is 5.69 Å². The lowest BCUT2D eigenvalue weighted by atomic mass is 10.0. The summed E-state index contributed by atoms with van der Waals surface area (Å²) in [7, 11) is 0. The highest BCUT2D eigenvalue weighted by Gasteiger charge is 2.10. The van der Waals surface area contributed by atoms with Crippen molar-refractivity contribution in [2.75, 3.05) is 11.9 Å². The number of nitrogens with one attached hydrogen (secondary N) is 1. The van der Waals surface area contributed by atoms with Gasteiger partial charge in [-0.1, -0.05) is 48.9 Å². The molecule has 106 valence electrons. The van der Waals surface area contributed by atoms with Gasteiger partial charge in [0.15, 0.2) is 0 Å². The zero-order chi connectivity index (χ0) is 14.5. The van der Waals surface area contributed by atoms with Crippen LogP contribution in [-0.2, 0) is 6.42 Å². The minimum absolute atomic E-state index is 0.0969. The molecule has 3 N–H and O–H groups in total. The van der Waals surface area contributed by atoms with E-state index >= 15 is 0 Å². The first-order valence-corrected chi connectivity index (χ1v) is 7.33. The van der Waals surface area contributed by atoms with Crippen LogP contribution in [-0.4, -0.2) is 6.54 Å². The maximum Gasteiger partial charge on any atom is 0.0636 e. The quantitative estimate of drug-likeness (QED) is 0.860. The van der Waals surface area contributed by atoms with E-state index in [4.69, 9.17) is 17.3 Å². The molecule has 0 aliphatic carbocycles. The number of hydrogen-bond acceptors (Lipinski definition) is 2. The lowest BCUT2D eigenvalue weighted by Gasteiger charge is -2.19. The average molecular weight is 289 g/mol. The SMILES string of the molecule is CCc1ccc(C(CN)Nc2ccc(C)c(Cl)c2)cc1. The van der Waals surface area contributed by atoms with E-state index in [1.165, 1.54) is 11.1 Å². The van der Waals surface area contributed by atoms with Crippen molar-refractivity contribution in [3.8, 4) is 0 Å². The molecule has 2 nitrogen and oxygen atoms in total. The summed E-state index contributed by atoms with van der Waals surface area (Å²) in [6.07, 6.45) is 1.05. The molecule has 1 unspecified atom stereocenters. The van der Waals surface area contributed by atoms with Gasteiger partial charge in [-0.2, -0.15) is 0 Å². The molecule has 0 bridgehead atoms. The Hall–Kier alpha value is -1.51. The number of benzene rings is 2. The molecular weight excluding hydrogens is 268 g/mol. The minimum Gasteiger partial charge on any atom is -0.377 e. The highest BCUT2D eigenvalue weighted by Crippen LogP contribution is 2.24. The van der Waals surface area contributed by atoms with Crippen molar-refractivity contribution < 1.29 is 0 Å². The van der Waals surface area contributed by atoms with Crippen molar-refractivity contribution in [1.29, 1.82) is 0 Å². The van der Waals surface area contributed by atoms with Crippen LogP contribution in [0.2, 0.25) is 5.02 Å². The second-order valence-corrected chi connectivity index (χ2v) is 5.40. The van der Waals surface area contributed by atoms with Crippen LogP contribution < -0.4 is 11.1 Å². The predicted molar refractivity (Wildman–Crippen MR) is 87.4 cm³/mol. The summed E-state index contributed by atoms with van der Waals surface area (Å²) < 4.78 is 0. The molecule has 20 heavy (non-hydrogen) atoms. The number of anilines is 1. The van der Waals surface area contributed by atoms with Gasteiger partial charge in [0.1, 0.15) is 0 Å². The zero-order valence-corrected chi connectivity index (χ0v) is 12.7. The molecule has 0 aliphatic heterocycles. The molecule has 2 rings (SSSR count). The summed E-state index contributed by atoms with van der Waals surface area (Å²) in [4.78, 5) is 0. The van der Waals surface area contributed by atoms with Gasteiger partial charge in [-0.15, -0.1) is 0 Å². The van der Waals surface area contributed by atoms with E-state index in [0.717, 1.165) is 22.7 Å². The molecule has 0 spiro atoms. The molecule has 0 aromatic heterocycles. The Balaban J connectivity index is 2.16. The van der Waals surface area contributed by atoms with Gasteiger partial charge in [-0.05, 0) is 42.2 Å². The third kappa shape index (κ3) is 3.53. The van der Waals surface area contributed by atoms with E-state index in [1.54, 1.807) is 0 Å². The summed E-state index contributed by atoms with van der Waals surface area (Å²) in [5.41, 5.74) is 10.5. The second-order valence-electron chi connectivity index (χ2n) is 4.99. The summed E-state index contributed by atoms with van der Waals surface area (Å²) in [5, 5.41) is 4.21. The third-order valence-corrected chi connectivity index (χ3v) is 3.95. The van der Waals surface area contributed by atoms with Gasteiger partial charge < -0.3 is 11.1 Å². The van der Waals surface area contributed by atoms with Crippen LogP contribution in [0.1, 0.15) is 29.7 Å². The average Bonchev–Trinajstić information content (AvgIpc) is 2.48. The van der Waals surface area contributed by atoms with Gasteiger partial charge in [0, 0.05) is 17.3 Å². The molecule has 0 saturated carbocycles. The van der Waals surface area contributed by atoms with E-state index in [9.17, 15) is 0 Å². The Morgan fingerprint density at radius 2 is 1.85 bits per heavy atom.